The minimum atomic E-state index is 0.426. The van der Waals surface area contributed by atoms with E-state index in [1.165, 1.54) is 5.56 Å². The van der Waals surface area contributed by atoms with Crippen LogP contribution in [0.2, 0.25) is 0 Å². The van der Waals surface area contributed by atoms with Crippen molar-refractivity contribution in [3.8, 4) is 11.5 Å². The molecule has 108 valence electrons. The van der Waals surface area contributed by atoms with E-state index >= 15 is 0 Å². The molecule has 2 rings (SSSR count). The predicted octanol–water partition coefficient (Wildman–Crippen LogP) is 2.12. The second-order valence-electron chi connectivity index (χ2n) is 4.49. The van der Waals surface area contributed by atoms with Crippen LogP contribution in [0.1, 0.15) is 18.3 Å². The smallest absolute Gasteiger partial charge is 0.161 e. The fraction of sp³-hybridized carbons (Fsp3) is 0.400. The van der Waals surface area contributed by atoms with Crippen LogP contribution in [0.5, 0.6) is 11.5 Å². The lowest BCUT2D eigenvalue weighted by Crippen LogP contribution is -2.07. The van der Waals surface area contributed by atoms with Crippen LogP contribution in [-0.4, -0.2) is 23.2 Å². The number of nitrogens with zero attached hydrogens (tertiary/aromatic N) is 2. The summed E-state index contributed by atoms with van der Waals surface area (Å²) in [6.45, 7) is 3.81. The molecule has 0 radical (unpaired) electrons. The van der Waals surface area contributed by atoms with Gasteiger partial charge in [-0.15, -0.1) is 0 Å². The third-order valence-electron chi connectivity index (χ3n) is 2.97. The molecule has 1 aromatic carbocycles. The van der Waals surface area contributed by atoms with E-state index in [1.54, 1.807) is 6.20 Å². The molecule has 0 bridgehead atoms. The van der Waals surface area contributed by atoms with Crippen molar-refractivity contribution in [2.24, 2.45) is 7.05 Å². The van der Waals surface area contributed by atoms with Crippen molar-refractivity contribution >= 4 is 0 Å². The zero-order chi connectivity index (χ0) is 14.4. The van der Waals surface area contributed by atoms with Crippen LogP contribution in [0.25, 0.3) is 0 Å². The molecule has 0 aliphatic carbocycles. The largest absolute Gasteiger partial charge is 0.490 e. The number of hydrogen-bond acceptors (Lipinski definition) is 4. The van der Waals surface area contributed by atoms with Gasteiger partial charge >= 0.3 is 0 Å². The molecule has 0 saturated heterocycles. The van der Waals surface area contributed by atoms with Gasteiger partial charge in [-0.3, -0.25) is 0 Å². The summed E-state index contributed by atoms with van der Waals surface area (Å²) < 4.78 is 13.4. The number of ether oxygens (including phenoxy) is 2. The normalized spacial score (nSPS) is 10.6. The predicted molar refractivity (Wildman–Crippen MR) is 77.9 cm³/mol. The standard InChI is InChI=1S/C15H21N3O2/c1-4-19-14-9-12(10-16-2)5-6-13(14)20-11-15-17-7-8-18(15)3/h5-9,16H,4,10-11H2,1-3H3. The van der Waals surface area contributed by atoms with Crippen molar-refractivity contribution in [3.05, 3.63) is 42.0 Å². The lowest BCUT2D eigenvalue weighted by atomic mass is 10.2. The number of aryl methyl sites for hydroxylation is 1. The van der Waals surface area contributed by atoms with Crippen LogP contribution >= 0.6 is 0 Å². The van der Waals surface area contributed by atoms with E-state index in [9.17, 15) is 0 Å². The molecule has 0 fully saturated rings. The molecular weight excluding hydrogens is 254 g/mol. The van der Waals surface area contributed by atoms with Crippen molar-refractivity contribution in [2.75, 3.05) is 13.7 Å². The Bertz CT molecular complexity index is 552. The highest BCUT2D eigenvalue weighted by Gasteiger charge is 2.08. The van der Waals surface area contributed by atoms with Gasteiger partial charge in [-0.2, -0.15) is 0 Å². The number of nitrogens with one attached hydrogen (secondary N) is 1. The minimum Gasteiger partial charge on any atom is -0.490 e. The highest BCUT2D eigenvalue weighted by Crippen LogP contribution is 2.29. The van der Waals surface area contributed by atoms with Crippen molar-refractivity contribution in [3.63, 3.8) is 0 Å². The molecular formula is C15H21N3O2. The lowest BCUT2D eigenvalue weighted by molar-refractivity contribution is 0.260. The zero-order valence-electron chi connectivity index (χ0n) is 12.2. The summed E-state index contributed by atoms with van der Waals surface area (Å²) in [5.74, 6) is 2.40. The summed E-state index contributed by atoms with van der Waals surface area (Å²) >= 11 is 0. The third kappa shape index (κ3) is 3.51. The Morgan fingerprint density at radius 3 is 2.75 bits per heavy atom. The number of aromatic nitrogens is 2. The van der Waals surface area contributed by atoms with Crippen LogP contribution in [0.4, 0.5) is 0 Å². The molecule has 5 nitrogen and oxygen atoms in total. The Balaban J connectivity index is 2.11. The van der Waals surface area contributed by atoms with Gasteiger partial charge < -0.3 is 19.4 Å². The van der Waals surface area contributed by atoms with Gasteiger partial charge in [-0.25, -0.2) is 4.98 Å². The molecule has 0 unspecified atom stereocenters. The lowest BCUT2D eigenvalue weighted by Gasteiger charge is -2.13. The van der Waals surface area contributed by atoms with Crippen LogP contribution in [0.15, 0.2) is 30.6 Å². The Morgan fingerprint density at radius 1 is 1.25 bits per heavy atom. The summed E-state index contributed by atoms with van der Waals surface area (Å²) in [6, 6.07) is 5.99. The zero-order valence-corrected chi connectivity index (χ0v) is 12.2. The van der Waals surface area contributed by atoms with E-state index in [0.717, 1.165) is 23.9 Å². The average molecular weight is 275 g/mol. The maximum Gasteiger partial charge on any atom is 0.161 e. The maximum absolute atomic E-state index is 5.82. The first-order valence-electron chi connectivity index (χ1n) is 6.74. The highest BCUT2D eigenvalue weighted by atomic mass is 16.5. The molecule has 1 N–H and O–H groups in total. The SMILES string of the molecule is CCOc1cc(CNC)ccc1OCc1nccn1C. The van der Waals surface area contributed by atoms with E-state index < -0.39 is 0 Å². The summed E-state index contributed by atoms with van der Waals surface area (Å²) in [7, 11) is 3.87. The monoisotopic (exact) mass is 275 g/mol. The molecule has 0 amide bonds. The van der Waals surface area contributed by atoms with Gasteiger partial charge in [0.1, 0.15) is 12.4 Å². The van der Waals surface area contributed by atoms with E-state index in [4.69, 9.17) is 9.47 Å². The summed E-state index contributed by atoms with van der Waals surface area (Å²) in [4.78, 5) is 4.24. The van der Waals surface area contributed by atoms with E-state index in [1.807, 2.05) is 50.0 Å². The highest BCUT2D eigenvalue weighted by molar-refractivity contribution is 5.43. The maximum atomic E-state index is 5.82. The van der Waals surface area contributed by atoms with Crippen molar-refractivity contribution in [1.82, 2.24) is 14.9 Å². The average Bonchev–Trinajstić information content (AvgIpc) is 2.84. The van der Waals surface area contributed by atoms with Crippen LogP contribution in [-0.2, 0) is 20.2 Å². The summed E-state index contributed by atoms with van der Waals surface area (Å²) in [5.41, 5.74) is 1.17. The van der Waals surface area contributed by atoms with Gasteiger partial charge in [0, 0.05) is 26.0 Å². The molecule has 5 heteroatoms. The van der Waals surface area contributed by atoms with Gasteiger partial charge in [-0.05, 0) is 31.7 Å². The molecule has 20 heavy (non-hydrogen) atoms. The second-order valence-corrected chi connectivity index (χ2v) is 4.49. The molecule has 0 aliphatic rings. The quantitative estimate of drug-likeness (QED) is 0.841. The van der Waals surface area contributed by atoms with Crippen LogP contribution in [0, 0.1) is 0 Å². The number of imidazole rings is 1. The third-order valence-corrected chi connectivity index (χ3v) is 2.97. The topological polar surface area (TPSA) is 48.3 Å². The molecule has 1 aromatic heterocycles. The Labute approximate surface area is 119 Å². The summed E-state index contributed by atoms with van der Waals surface area (Å²) in [5, 5.41) is 3.12. The molecule has 0 atom stereocenters. The summed E-state index contributed by atoms with van der Waals surface area (Å²) in [6.07, 6.45) is 3.66. The fourth-order valence-corrected chi connectivity index (χ4v) is 1.93. The van der Waals surface area contributed by atoms with Crippen LogP contribution in [0.3, 0.4) is 0 Å². The first kappa shape index (κ1) is 14.4. The van der Waals surface area contributed by atoms with Gasteiger partial charge in [0.15, 0.2) is 11.5 Å². The number of benzene rings is 1. The molecule has 0 aliphatic heterocycles. The molecule has 0 spiro atoms. The molecule has 1 heterocycles. The van der Waals surface area contributed by atoms with E-state index in [2.05, 4.69) is 10.3 Å². The Kier molecular flexibility index (Phi) is 5.01. The molecule has 2 aromatic rings. The van der Waals surface area contributed by atoms with Crippen molar-refractivity contribution in [1.29, 1.82) is 0 Å². The first-order chi connectivity index (χ1) is 9.74. The number of hydrogen-bond donors (Lipinski definition) is 1. The van der Waals surface area contributed by atoms with Crippen molar-refractivity contribution in [2.45, 2.75) is 20.1 Å². The first-order valence-corrected chi connectivity index (χ1v) is 6.74. The Morgan fingerprint density at radius 2 is 2.10 bits per heavy atom. The van der Waals surface area contributed by atoms with Gasteiger partial charge in [0.2, 0.25) is 0 Å². The fourth-order valence-electron chi connectivity index (χ4n) is 1.93. The molecule has 0 saturated carbocycles. The number of rotatable bonds is 7. The van der Waals surface area contributed by atoms with Crippen LogP contribution < -0.4 is 14.8 Å². The van der Waals surface area contributed by atoms with E-state index in [0.29, 0.717) is 13.2 Å². The Hall–Kier alpha value is -2.01. The van der Waals surface area contributed by atoms with Crippen molar-refractivity contribution < 1.29 is 9.47 Å². The second kappa shape index (κ2) is 6.96. The van der Waals surface area contributed by atoms with Gasteiger partial charge in [-0.1, -0.05) is 6.07 Å². The van der Waals surface area contributed by atoms with Gasteiger partial charge in [0.05, 0.1) is 6.61 Å². The minimum absolute atomic E-state index is 0.426. The van der Waals surface area contributed by atoms with Gasteiger partial charge in [0.25, 0.3) is 0 Å². The van der Waals surface area contributed by atoms with E-state index in [-0.39, 0.29) is 0 Å².